The lowest BCUT2D eigenvalue weighted by atomic mass is 10.1. The maximum absolute atomic E-state index is 11.3. The van der Waals surface area contributed by atoms with Gasteiger partial charge in [-0.05, 0) is 25.8 Å². The molecule has 0 spiro atoms. The minimum Gasteiger partial charge on any atom is -0.468 e. The molecule has 0 bridgehead atoms. The van der Waals surface area contributed by atoms with Crippen molar-refractivity contribution in [2.24, 2.45) is 0 Å². The maximum Gasteiger partial charge on any atom is 0.321 e. The number of rotatable bonds is 4. The Labute approximate surface area is 104 Å². The van der Waals surface area contributed by atoms with Gasteiger partial charge in [-0.1, -0.05) is 22.9 Å². The van der Waals surface area contributed by atoms with Gasteiger partial charge >= 0.3 is 5.97 Å². The van der Waals surface area contributed by atoms with E-state index < -0.39 is 0 Å². The van der Waals surface area contributed by atoms with E-state index in [1.165, 1.54) is 12.7 Å². The topological polar surface area (TPSA) is 44.1 Å². The predicted molar refractivity (Wildman–Crippen MR) is 65.8 cm³/mol. The zero-order valence-corrected chi connectivity index (χ0v) is 11.7. The molecular formula is C11H17BrN2O2. The van der Waals surface area contributed by atoms with Crippen LogP contribution in [0.3, 0.4) is 0 Å². The Kier molecular flexibility index (Phi) is 4.53. The maximum atomic E-state index is 11.3. The molecule has 0 saturated carbocycles. The smallest absolute Gasteiger partial charge is 0.321 e. The summed E-state index contributed by atoms with van der Waals surface area (Å²) < 4.78 is 6.51. The van der Waals surface area contributed by atoms with Gasteiger partial charge in [-0.25, -0.2) is 0 Å². The van der Waals surface area contributed by atoms with Crippen LogP contribution in [0.15, 0.2) is 0 Å². The molecular weight excluding hydrogens is 272 g/mol. The Morgan fingerprint density at radius 1 is 1.56 bits per heavy atom. The number of methoxy groups -OCH3 is 1. The molecule has 1 rings (SSSR count). The summed E-state index contributed by atoms with van der Waals surface area (Å²) in [4.78, 5) is 10.9. The highest BCUT2D eigenvalue weighted by atomic mass is 79.9. The van der Waals surface area contributed by atoms with Gasteiger partial charge in [-0.2, -0.15) is 5.10 Å². The highest BCUT2D eigenvalue weighted by Gasteiger charge is 2.18. The summed E-state index contributed by atoms with van der Waals surface area (Å²) in [5.41, 5.74) is 3.41. The highest BCUT2D eigenvalue weighted by Crippen LogP contribution is 2.15. The first-order chi connectivity index (χ1) is 7.51. The Balaban J connectivity index is 2.86. The van der Waals surface area contributed by atoms with Crippen LogP contribution < -0.4 is 0 Å². The van der Waals surface area contributed by atoms with Gasteiger partial charge in [-0.3, -0.25) is 9.48 Å². The summed E-state index contributed by atoms with van der Waals surface area (Å²) in [7, 11) is 1.38. The number of ether oxygens (including phenoxy) is 1. The summed E-state index contributed by atoms with van der Waals surface area (Å²) in [6.45, 7) is 6.62. The van der Waals surface area contributed by atoms with E-state index in [2.05, 4.69) is 32.7 Å². The van der Waals surface area contributed by atoms with E-state index in [0.29, 0.717) is 6.54 Å². The van der Waals surface area contributed by atoms with Gasteiger partial charge in [0.2, 0.25) is 0 Å². The zero-order valence-electron chi connectivity index (χ0n) is 10.1. The number of esters is 1. The van der Waals surface area contributed by atoms with Gasteiger partial charge in [0.05, 0.1) is 19.3 Å². The summed E-state index contributed by atoms with van der Waals surface area (Å²) in [6.07, 6.45) is 0.961. The molecule has 0 fully saturated rings. The number of carbonyl (C=O) groups excluding carboxylic acids is 1. The van der Waals surface area contributed by atoms with Gasteiger partial charge in [0.1, 0.15) is 4.83 Å². The largest absolute Gasteiger partial charge is 0.468 e. The van der Waals surface area contributed by atoms with E-state index in [0.717, 1.165) is 17.8 Å². The predicted octanol–water partition coefficient (Wildman–Crippen LogP) is 2.00. The zero-order chi connectivity index (χ0) is 12.3. The quantitative estimate of drug-likeness (QED) is 0.629. The van der Waals surface area contributed by atoms with Crippen LogP contribution in [0.5, 0.6) is 0 Å². The molecule has 16 heavy (non-hydrogen) atoms. The van der Waals surface area contributed by atoms with Crippen molar-refractivity contribution in [2.75, 3.05) is 7.11 Å². The molecule has 0 aliphatic heterocycles. The van der Waals surface area contributed by atoms with Crippen LogP contribution in [0, 0.1) is 13.8 Å². The van der Waals surface area contributed by atoms with E-state index in [-0.39, 0.29) is 10.8 Å². The monoisotopic (exact) mass is 288 g/mol. The highest BCUT2D eigenvalue weighted by molar-refractivity contribution is 9.10. The number of aromatic nitrogens is 2. The van der Waals surface area contributed by atoms with E-state index >= 15 is 0 Å². The Bertz CT molecular complexity index is 388. The van der Waals surface area contributed by atoms with Gasteiger partial charge < -0.3 is 4.74 Å². The molecule has 0 aliphatic rings. The Morgan fingerprint density at radius 3 is 2.62 bits per heavy atom. The summed E-state index contributed by atoms with van der Waals surface area (Å²) in [5.74, 6) is -0.273. The third-order valence-electron chi connectivity index (χ3n) is 2.68. The molecule has 0 N–H and O–H groups in total. The number of hydrogen-bond donors (Lipinski definition) is 0. The van der Waals surface area contributed by atoms with Crippen molar-refractivity contribution in [2.45, 2.75) is 38.6 Å². The average Bonchev–Trinajstić information content (AvgIpc) is 2.52. The second-order valence-corrected chi connectivity index (χ2v) is 4.78. The number of halogens is 1. The molecule has 4 nitrogen and oxygen atoms in total. The van der Waals surface area contributed by atoms with Gasteiger partial charge in [0, 0.05) is 5.69 Å². The normalized spacial score (nSPS) is 12.6. The molecule has 5 heteroatoms. The van der Waals surface area contributed by atoms with E-state index in [1.54, 1.807) is 0 Å². The van der Waals surface area contributed by atoms with E-state index in [4.69, 9.17) is 0 Å². The van der Waals surface area contributed by atoms with Gasteiger partial charge in [0.25, 0.3) is 0 Å². The standard InChI is InChI=1S/C11H17BrN2O2/c1-5-9-7(2)13-14(8(9)3)6-10(12)11(15)16-4/h10H,5-6H2,1-4H3. The molecule has 1 heterocycles. The van der Waals surface area contributed by atoms with Crippen molar-refractivity contribution in [1.82, 2.24) is 9.78 Å². The molecule has 0 aromatic carbocycles. The number of carbonyl (C=O) groups is 1. The Morgan fingerprint density at radius 2 is 2.19 bits per heavy atom. The fraction of sp³-hybridized carbons (Fsp3) is 0.636. The fourth-order valence-electron chi connectivity index (χ4n) is 1.78. The number of hydrogen-bond acceptors (Lipinski definition) is 3. The van der Waals surface area contributed by atoms with Crippen LogP contribution in [-0.2, 0) is 22.5 Å². The molecule has 0 amide bonds. The lowest BCUT2D eigenvalue weighted by Crippen LogP contribution is -2.22. The first-order valence-electron chi connectivity index (χ1n) is 5.26. The van der Waals surface area contributed by atoms with Crippen molar-refractivity contribution in [3.63, 3.8) is 0 Å². The average molecular weight is 289 g/mol. The molecule has 90 valence electrons. The van der Waals surface area contributed by atoms with E-state index in [9.17, 15) is 4.79 Å². The summed E-state index contributed by atoms with van der Waals surface area (Å²) in [6, 6.07) is 0. The lowest BCUT2D eigenvalue weighted by Gasteiger charge is -2.09. The van der Waals surface area contributed by atoms with Crippen LogP contribution >= 0.6 is 15.9 Å². The second kappa shape index (κ2) is 5.48. The number of alkyl halides is 1. The van der Waals surface area contributed by atoms with Crippen molar-refractivity contribution < 1.29 is 9.53 Å². The lowest BCUT2D eigenvalue weighted by molar-refractivity contribution is -0.140. The fourth-order valence-corrected chi connectivity index (χ4v) is 2.24. The van der Waals surface area contributed by atoms with Crippen molar-refractivity contribution in [3.8, 4) is 0 Å². The minimum absolute atomic E-state index is 0.273. The van der Waals surface area contributed by atoms with Crippen LogP contribution in [-0.4, -0.2) is 27.7 Å². The minimum atomic E-state index is -0.347. The van der Waals surface area contributed by atoms with Crippen molar-refractivity contribution in [1.29, 1.82) is 0 Å². The Hall–Kier alpha value is -0.840. The molecule has 0 aliphatic carbocycles. The van der Waals surface area contributed by atoms with Gasteiger partial charge in [0.15, 0.2) is 0 Å². The molecule has 1 unspecified atom stereocenters. The molecule has 0 saturated heterocycles. The molecule has 0 radical (unpaired) electrons. The number of nitrogens with zero attached hydrogens (tertiary/aromatic N) is 2. The first-order valence-corrected chi connectivity index (χ1v) is 6.17. The third-order valence-corrected chi connectivity index (χ3v) is 3.34. The SMILES string of the molecule is CCc1c(C)nn(CC(Br)C(=O)OC)c1C. The summed E-state index contributed by atoms with van der Waals surface area (Å²) >= 11 is 3.29. The third kappa shape index (κ3) is 2.64. The first kappa shape index (κ1) is 13.2. The van der Waals surface area contributed by atoms with Gasteiger partial charge in [-0.15, -0.1) is 0 Å². The summed E-state index contributed by atoms with van der Waals surface area (Å²) in [5, 5.41) is 4.42. The van der Waals surface area contributed by atoms with Crippen LogP contribution in [0.2, 0.25) is 0 Å². The van der Waals surface area contributed by atoms with Crippen molar-refractivity contribution in [3.05, 3.63) is 17.0 Å². The van der Waals surface area contributed by atoms with Crippen LogP contribution in [0.1, 0.15) is 23.9 Å². The molecule has 1 atom stereocenters. The van der Waals surface area contributed by atoms with E-state index in [1.807, 2.05) is 18.5 Å². The van der Waals surface area contributed by atoms with Crippen LogP contribution in [0.25, 0.3) is 0 Å². The second-order valence-electron chi connectivity index (χ2n) is 3.68. The molecule has 1 aromatic heterocycles. The van der Waals surface area contributed by atoms with Crippen molar-refractivity contribution >= 4 is 21.9 Å². The van der Waals surface area contributed by atoms with Crippen LogP contribution in [0.4, 0.5) is 0 Å². The number of aryl methyl sites for hydroxylation is 1. The molecule has 1 aromatic rings.